The van der Waals surface area contributed by atoms with Crippen molar-refractivity contribution in [3.8, 4) is 0 Å². The smallest absolute Gasteiger partial charge is 0.255 e. The van der Waals surface area contributed by atoms with E-state index >= 15 is 0 Å². The summed E-state index contributed by atoms with van der Waals surface area (Å²) in [4.78, 5) is 22.4. The SMILES string of the molecule is Cc1cn2nc([C@@H]3CCCCN3C(=O)c3ccc(Cl)cc3Cl)cc2nc1N1CC[C@H](N)C1. The van der Waals surface area contributed by atoms with Gasteiger partial charge in [0.15, 0.2) is 5.65 Å². The Morgan fingerprint density at radius 1 is 1.16 bits per heavy atom. The normalized spacial score (nSPS) is 21.5. The fourth-order valence-electron chi connectivity index (χ4n) is 4.78. The van der Waals surface area contributed by atoms with E-state index in [9.17, 15) is 4.79 Å². The monoisotopic (exact) mass is 472 g/mol. The first-order valence-electron chi connectivity index (χ1n) is 11.0. The van der Waals surface area contributed by atoms with Crippen LogP contribution in [0.15, 0.2) is 30.5 Å². The molecule has 0 unspecified atom stereocenters. The van der Waals surface area contributed by atoms with Crippen LogP contribution in [0.25, 0.3) is 5.65 Å². The fourth-order valence-corrected chi connectivity index (χ4v) is 5.27. The van der Waals surface area contributed by atoms with Crippen LogP contribution in [0.4, 0.5) is 5.82 Å². The van der Waals surface area contributed by atoms with Gasteiger partial charge < -0.3 is 15.5 Å². The van der Waals surface area contributed by atoms with E-state index in [0.717, 1.165) is 61.5 Å². The van der Waals surface area contributed by atoms with Crippen LogP contribution in [0.3, 0.4) is 0 Å². The highest BCUT2D eigenvalue weighted by Gasteiger charge is 2.32. The molecule has 4 heterocycles. The van der Waals surface area contributed by atoms with Gasteiger partial charge in [0.25, 0.3) is 5.91 Å². The first kappa shape index (κ1) is 21.5. The summed E-state index contributed by atoms with van der Waals surface area (Å²) in [5.74, 6) is 0.866. The molecule has 0 aliphatic carbocycles. The van der Waals surface area contributed by atoms with Crippen LogP contribution in [0.5, 0.6) is 0 Å². The summed E-state index contributed by atoms with van der Waals surface area (Å²) in [6.07, 6.45) is 5.84. The Kier molecular flexibility index (Phi) is 5.73. The summed E-state index contributed by atoms with van der Waals surface area (Å²) in [5.41, 5.74) is 9.26. The molecule has 5 rings (SSSR count). The molecule has 2 N–H and O–H groups in total. The van der Waals surface area contributed by atoms with Crippen molar-refractivity contribution in [3.63, 3.8) is 0 Å². The molecule has 1 amide bonds. The van der Waals surface area contributed by atoms with E-state index in [2.05, 4.69) is 4.90 Å². The van der Waals surface area contributed by atoms with Crippen molar-refractivity contribution in [2.45, 2.75) is 44.7 Å². The molecule has 0 spiro atoms. The number of likely N-dealkylation sites (tertiary alicyclic amines) is 1. The minimum atomic E-state index is -0.117. The number of anilines is 1. The largest absolute Gasteiger partial charge is 0.355 e. The molecule has 2 aromatic heterocycles. The molecule has 2 aliphatic rings. The molecule has 2 saturated heterocycles. The number of rotatable bonds is 3. The number of hydrogen-bond donors (Lipinski definition) is 1. The number of hydrogen-bond acceptors (Lipinski definition) is 5. The van der Waals surface area contributed by atoms with Gasteiger partial charge in [-0.2, -0.15) is 5.10 Å². The number of piperidine rings is 1. The van der Waals surface area contributed by atoms with Crippen LogP contribution < -0.4 is 10.6 Å². The summed E-state index contributed by atoms with van der Waals surface area (Å²) in [6.45, 7) is 4.45. The first-order valence-corrected chi connectivity index (χ1v) is 11.8. The zero-order chi connectivity index (χ0) is 22.4. The highest BCUT2D eigenvalue weighted by Crippen LogP contribution is 2.34. The number of carbonyl (C=O) groups is 1. The van der Waals surface area contributed by atoms with E-state index in [0.29, 0.717) is 22.2 Å². The Balaban J connectivity index is 1.47. The van der Waals surface area contributed by atoms with Gasteiger partial charge in [0.05, 0.1) is 22.3 Å². The van der Waals surface area contributed by atoms with Crippen LogP contribution in [-0.4, -0.2) is 51.1 Å². The lowest BCUT2D eigenvalue weighted by molar-refractivity contribution is 0.0606. The van der Waals surface area contributed by atoms with Gasteiger partial charge in [-0.15, -0.1) is 0 Å². The third-order valence-corrected chi connectivity index (χ3v) is 6.96. The Labute approximate surface area is 197 Å². The molecular weight excluding hydrogens is 447 g/mol. The van der Waals surface area contributed by atoms with Gasteiger partial charge >= 0.3 is 0 Å². The third-order valence-electron chi connectivity index (χ3n) is 6.41. The fraction of sp³-hybridized carbons (Fsp3) is 0.435. The molecular formula is C23H26Cl2N6O. The van der Waals surface area contributed by atoms with E-state index in [4.69, 9.17) is 39.0 Å². The highest BCUT2D eigenvalue weighted by atomic mass is 35.5. The molecule has 0 saturated carbocycles. The van der Waals surface area contributed by atoms with Crippen molar-refractivity contribution < 1.29 is 4.79 Å². The van der Waals surface area contributed by atoms with Gasteiger partial charge in [0.1, 0.15) is 5.82 Å². The molecule has 7 nitrogen and oxygen atoms in total. The first-order chi connectivity index (χ1) is 15.4. The van der Waals surface area contributed by atoms with Gasteiger partial charge in [0, 0.05) is 48.5 Å². The van der Waals surface area contributed by atoms with Crippen LogP contribution >= 0.6 is 23.2 Å². The molecule has 0 bridgehead atoms. The van der Waals surface area contributed by atoms with Gasteiger partial charge in [-0.1, -0.05) is 23.2 Å². The number of halogens is 2. The van der Waals surface area contributed by atoms with Crippen molar-refractivity contribution in [2.75, 3.05) is 24.5 Å². The lowest BCUT2D eigenvalue weighted by Crippen LogP contribution is -2.38. The average Bonchev–Trinajstić information content (AvgIpc) is 3.38. The summed E-state index contributed by atoms with van der Waals surface area (Å²) in [5, 5.41) is 5.69. The molecule has 2 atom stereocenters. The molecule has 168 valence electrons. The van der Waals surface area contributed by atoms with Gasteiger partial charge in [0.2, 0.25) is 0 Å². The molecule has 3 aromatic rings. The van der Waals surface area contributed by atoms with Crippen molar-refractivity contribution >= 4 is 40.6 Å². The number of amides is 1. The molecule has 32 heavy (non-hydrogen) atoms. The van der Waals surface area contributed by atoms with Gasteiger partial charge in [-0.05, 0) is 50.8 Å². The van der Waals surface area contributed by atoms with Crippen LogP contribution in [-0.2, 0) is 0 Å². The number of nitrogens with zero attached hydrogens (tertiary/aromatic N) is 5. The predicted octanol–water partition coefficient (Wildman–Crippen LogP) is 4.25. The van der Waals surface area contributed by atoms with Crippen molar-refractivity contribution in [3.05, 3.63) is 57.3 Å². The van der Waals surface area contributed by atoms with E-state index in [-0.39, 0.29) is 18.0 Å². The minimum absolute atomic E-state index is 0.0932. The van der Waals surface area contributed by atoms with Crippen LogP contribution in [0.2, 0.25) is 10.0 Å². The zero-order valence-corrected chi connectivity index (χ0v) is 19.5. The van der Waals surface area contributed by atoms with E-state index < -0.39 is 0 Å². The Bertz CT molecular complexity index is 1180. The maximum Gasteiger partial charge on any atom is 0.255 e. The van der Waals surface area contributed by atoms with Crippen molar-refractivity contribution in [2.24, 2.45) is 5.73 Å². The molecule has 1 aromatic carbocycles. The number of aromatic nitrogens is 3. The maximum absolute atomic E-state index is 13.4. The zero-order valence-electron chi connectivity index (χ0n) is 18.0. The second-order valence-electron chi connectivity index (χ2n) is 8.75. The quantitative estimate of drug-likeness (QED) is 0.616. The summed E-state index contributed by atoms with van der Waals surface area (Å²) < 4.78 is 1.82. The Hall–Kier alpha value is -2.35. The summed E-state index contributed by atoms with van der Waals surface area (Å²) in [6, 6.07) is 7.07. The topological polar surface area (TPSA) is 79.8 Å². The number of benzene rings is 1. The standard InChI is InChI=1S/C23H26Cl2N6O/c1-14-12-31-21(27-22(14)29-9-7-16(26)13-29)11-19(28-31)20-4-2-3-8-30(20)23(32)17-6-5-15(24)10-18(17)25/h5-6,10-12,16,20H,2-4,7-9,13,26H2,1H3/t16-,20-/m0/s1. The summed E-state index contributed by atoms with van der Waals surface area (Å²) >= 11 is 12.4. The second-order valence-corrected chi connectivity index (χ2v) is 9.59. The predicted molar refractivity (Wildman–Crippen MR) is 127 cm³/mol. The second kappa shape index (κ2) is 8.54. The van der Waals surface area contributed by atoms with E-state index in [1.165, 1.54) is 0 Å². The number of nitrogens with two attached hydrogens (primary N) is 1. The maximum atomic E-state index is 13.4. The van der Waals surface area contributed by atoms with Crippen molar-refractivity contribution in [1.82, 2.24) is 19.5 Å². The number of aryl methyl sites for hydroxylation is 1. The van der Waals surface area contributed by atoms with Gasteiger partial charge in [-0.25, -0.2) is 9.50 Å². The minimum Gasteiger partial charge on any atom is -0.355 e. The van der Waals surface area contributed by atoms with Gasteiger partial charge in [-0.3, -0.25) is 4.79 Å². The number of carbonyl (C=O) groups excluding carboxylic acids is 1. The molecule has 0 radical (unpaired) electrons. The third kappa shape index (κ3) is 3.93. The lowest BCUT2D eigenvalue weighted by atomic mass is 9.98. The Morgan fingerprint density at radius 3 is 2.75 bits per heavy atom. The van der Waals surface area contributed by atoms with E-state index in [1.54, 1.807) is 18.2 Å². The van der Waals surface area contributed by atoms with E-state index in [1.807, 2.05) is 28.6 Å². The molecule has 9 heteroatoms. The van der Waals surface area contributed by atoms with Crippen molar-refractivity contribution in [1.29, 1.82) is 0 Å². The molecule has 2 aliphatic heterocycles. The Morgan fingerprint density at radius 2 is 2.00 bits per heavy atom. The number of fused-ring (bicyclic) bond motifs is 1. The lowest BCUT2D eigenvalue weighted by Gasteiger charge is -2.35. The average molecular weight is 473 g/mol. The summed E-state index contributed by atoms with van der Waals surface area (Å²) in [7, 11) is 0. The van der Waals surface area contributed by atoms with Crippen LogP contribution in [0.1, 0.15) is 53.3 Å². The highest BCUT2D eigenvalue weighted by molar-refractivity contribution is 6.36. The molecule has 2 fully saturated rings. The van der Waals surface area contributed by atoms with Crippen LogP contribution in [0, 0.1) is 6.92 Å².